The lowest BCUT2D eigenvalue weighted by Crippen LogP contribution is -2.47. The maximum atomic E-state index is 14.0. The Labute approximate surface area is 212 Å². The molecule has 1 heterocycles. The Kier molecular flexibility index (Phi) is 8.55. The summed E-state index contributed by atoms with van der Waals surface area (Å²) in [5.41, 5.74) is 1.44. The van der Waals surface area contributed by atoms with E-state index in [1.807, 2.05) is 43.3 Å². The predicted octanol–water partition coefficient (Wildman–Crippen LogP) is 5.33. The number of aromatic nitrogens is 1. The summed E-state index contributed by atoms with van der Waals surface area (Å²) < 4.78 is 11.2. The van der Waals surface area contributed by atoms with Gasteiger partial charge in [0.1, 0.15) is 23.2 Å². The number of nitrogens with zero attached hydrogens (tertiary/aromatic N) is 2. The van der Waals surface area contributed by atoms with Crippen molar-refractivity contribution in [3.05, 3.63) is 84.2 Å². The molecule has 2 amide bonds. The van der Waals surface area contributed by atoms with Crippen molar-refractivity contribution < 1.29 is 19.1 Å². The molecule has 7 heteroatoms. The molecule has 4 rings (SSSR count). The molecule has 3 aromatic rings. The number of carbonyl (C=O) groups excluding carboxylic acids is 2. The van der Waals surface area contributed by atoms with E-state index in [0.717, 1.165) is 25.7 Å². The van der Waals surface area contributed by atoms with Crippen LogP contribution in [0.2, 0.25) is 0 Å². The van der Waals surface area contributed by atoms with E-state index in [1.54, 1.807) is 43.6 Å². The zero-order valence-corrected chi connectivity index (χ0v) is 20.9. The van der Waals surface area contributed by atoms with Gasteiger partial charge < -0.3 is 14.8 Å². The molecule has 1 N–H and O–H groups in total. The van der Waals surface area contributed by atoms with Crippen LogP contribution < -0.4 is 19.7 Å². The van der Waals surface area contributed by atoms with Crippen LogP contribution in [0.5, 0.6) is 11.5 Å². The SMILES string of the molecule is CCOc1cccc(N(C(=O)c2ccccn2)C(C(=O)NC2CCCCC2)c2cccc(OC)c2)c1. The van der Waals surface area contributed by atoms with Crippen LogP contribution in [0.15, 0.2) is 72.9 Å². The maximum absolute atomic E-state index is 14.0. The van der Waals surface area contributed by atoms with Crippen molar-refractivity contribution in [2.24, 2.45) is 0 Å². The Balaban J connectivity index is 1.83. The molecule has 36 heavy (non-hydrogen) atoms. The highest BCUT2D eigenvalue weighted by atomic mass is 16.5. The van der Waals surface area contributed by atoms with Crippen molar-refractivity contribution in [1.82, 2.24) is 10.3 Å². The van der Waals surface area contributed by atoms with E-state index in [9.17, 15) is 9.59 Å². The highest BCUT2D eigenvalue weighted by molar-refractivity contribution is 6.09. The van der Waals surface area contributed by atoms with Crippen LogP contribution in [-0.2, 0) is 4.79 Å². The number of nitrogens with one attached hydrogen (secondary N) is 1. The zero-order valence-electron chi connectivity index (χ0n) is 20.9. The summed E-state index contributed by atoms with van der Waals surface area (Å²) in [6.45, 7) is 2.39. The molecule has 1 atom stereocenters. The van der Waals surface area contributed by atoms with Gasteiger partial charge in [-0.3, -0.25) is 19.5 Å². The number of rotatable bonds is 9. The Morgan fingerprint density at radius 3 is 2.50 bits per heavy atom. The number of hydrogen-bond acceptors (Lipinski definition) is 5. The standard InChI is InChI=1S/C29H33N3O4/c1-3-36-25-16-10-14-23(20-25)32(29(34)26-17-7-8-18-30-26)27(21-11-9-15-24(19-21)35-2)28(33)31-22-12-5-4-6-13-22/h7-11,14-20,22,27H,3-6,12-13H2,1-2H3,(H,31,33). The number of carbonyl (C=O) groups is 2. The van der Waals surface area contributed by atoms with Crippen molar-refractivity contribution in [1.29, 1.82) is 0 Å². The van der Waals surface area contributed by atoms with Crippen LogP contribution in [0, 0.1) is 0 Å². The Morgan fingerprint density at radius 1 is 1.00 bits per heavy atom. The molecule has 0 spiro atoms. The lowest BCUT2D eigenvalue weighted by molar-refractivity contribution is -0.123. The molecule has 188 valence electrons. The second-order valence-electron chi connectivity index (χ2n) is 8.84. The van der Waals surface area contributed by atoms with Gasteiger partial charge in [-0.1, -0.05) is 43.5 Å². The predicted molar refractivity (Wildman–Crippen MR) is 139 cm³/mol. The monoisotopic (exact) mass is 487 g/mol. The van der Waals surface area contributed by atoms with Gasteiger partial charge in [-0.25, -0.2) is 0 Å². The van der Waals surface area contributed by atoms with E-state index in [-0.39, 0.29) is 23.6 Å². The summed E-state index contributed by atoms with van der Waals surface area (Å²) in [6, 6.07) is 18.9. The number of pyridine rings is 1. The van der Waals surface area contributed by atoms with Gasteiger partial charge in [0, 0.05) is 24.0 Å². The summed E-state index contributed by atoms with van der Waals surface area (Å²) in [5, 5.41) is 3.23. The summed E-state index contributed by atoms with van der Waals surface area (Å²) in [6.07, 6.45) is 6.80. The topological polar surface area (TPSA) is 80.8 Å². The third-order valence-electron chi connectivity index (χ3n) is 6.38. The van der Waals surface area contributed by atoms with Crippen LogP contribution in [0.4, 0.5) is 5.69 Å². The molecule has 1 unspecified atom stereocenters. The first-order chi connectivity index (χ1) is 17.6. The van der Waals surface area contributed by atoms with Crippen molar-refractivity contribution in [3.8, 4) is 11.5 Å². The molecule has 1 aromatic heterocycles. The van der Waals surface area contributed by atoms with Gasteiger partial charge in [-0.15, -0.1) is 0 Å². The first-order valence-corrected chi connectivity index (χ1v) is 12.5. The smallest absolute Gasteiger partial charge is 0.277 e. The van der Waals surface area contributed by atoms with Gasteiger partial charge in [-0.2, -0.15) is 0 Å². The number of anilines is 1. The van der Waals surface area contributed by atoms with Crippen molar-refractivity contribution in [2.45, 2.75) is 51.1 Å². The van der Waals surface area contributed by atoms with Gasteiger partial charge in [0.05, 0.1) is 13.7 Å². The number of benzene rings is 2. The van der Waals surface area contributed by atoms with Gasteiger partial charge in [0.15, 0.2) is 0 Å². The van der Waals surface area contributed by atoms with Gasteiger partial charge in [0.25, 0.3) is 5.91 Å². The third kappa shape index (κ3) is 6.03. The van der Waals surface area contributed by atoms with Gasteiger partial charge in [0.2, 0.25) is 5.91 Å². The molecule has 0 bridgehead atoms. The quantitative estimate of drug-likeness (QED) is 0.442. The van der Waals surface area contributed by atoms with E-state index in [2.05, 4.69) is 10.3 Å². The fraction of sp³-hybridized carbons (Fsp3) is 0.345. The van der Waals surface area contributed by atoms with Gasteiger partial charge >= 0.3 is 0 Å². The van der Waals surface area contributed by atoms with E-state index < -0.39 is 6.04 Å². The average molecular weight is 488 g/mol. The van der Waals surface area contributed by atoms with Crippen LogP contribution in [0.3, 0.4) is 0 Å². The third-order valence-corrected chi connectivity index (χ3v) is 6.38. The van der Waals surface area contributed by atoms with Crippen molar-refractivity contribution in [2.75, 3.05) is 18.6 Å². The summed E-state index contributed by atoms with van der Waals surface area (Å²) in [5.74, 6) is 0.610. The number of hydrogen-bond donors (Lipinski definition) is 1. The second-order valence-corrected chi connectivity index (χ2v) is 8.84. The second kappa shape index (κ2) is 12.2. The summed E-state index contributed by atoms with van der Waals surface area (Å²) in [4.78, 5) is 33.8. The largest absolute Gasteiger partial charge is 0.497 e. The lowest BCUT2D eigenvalue weighted by Gasteiger charge is -2.33. The first kappa shape index (κ1) is 25.2. The molecule has 0 aliphatic heterocycles. The molecule has 1 saturated carbocycles. The van der Waals surface area contributed by atoms with Crippen molar-refractivity contribution >= 4 is 17.5 Å². The highest BCUT2D eigenvalue weighted by Gasteiger charge is 2.35. The molecular formula is C29H33N3O4. The van der Waals surface area contributed by atoms with Gasteiger partial charge in [-0.05, 0) is 61.7 Å². The Bertz CT molecular complexity index is 1160. The highest BCUT2D eigenvalue weighted by Crippen LogP contribution is 2.33. The van der Waals surface area contributed by atoms with Crippen LogP contribution >= 0.6 is 0 Å². The maximum Gasteiger partial charge on any atom is 0.277 e. The van der Waals surface area contributed by atoms with Crippen molar-refractivity contribution in [3.63, 3.8) is 0 Å². The molecule has 2 aromatic carbocycles. The number of ether oxygens (including phenoxy) is 2. The van der Waals surface area contributed by atoms with E-state index in [1.165, 1.54) is 11.3 Å². The zero-order chi connectivity index (χ0) is 25.3. The molecular weight excluding hydrogens is 454 g/mol. The van der Waals surface area contributed by atoms with Crippen LogP contribution in [0.1, 0.15) is 61.1 Å². The molecule has 0 radical (unpaired) electrons. The Hall–Kier alpha value is -3.87. The van der Waals surface area contributed by atoms with E-state index in [4.69, 9.17) is 9.47 Å². The molecule has 1 aliphatic rings. The lowest BCUT2D eigenvalue weighted by atomic mass is 9.94. The van der Waals surface area contributed by atoms with E-state index in [0.29, 0.717) is 29.4 Å². The fourth-order valence-corrected chi connectivity index (χ4v) is 4.64. The molecule has 1 fully saturated rings. The Morgan fingerprint density at radius 2 is 1.78 bits per heavy atom. The molecule has 7 nitrogen and oxygen atoms in total. The molecule has 0 saturated heterocycles. The number of methoxy groups -OCH3 is 1. The number of amides is 2. The average Bonchev–Trinajstić information content (AvgIpc) is 2.92. The summed E-state index contributed by atoms with van der Waals surface area (Å²) >= 11 is 0. The fourth-order valence-electron chi connectivity index (χ4n) is 4.64. The molecule has 1 aliphatic carbocycles. The minimum absolute atomic E-state index is 0.0842. The first-order valence-electron chi connectivity index (χ1n) is 12.5. The van der Waals surface area contributed by atoms with E-state index >= 15 is 0 Å². The van der Waals surface area contributed by atoms with Crippen LogP contribution in [-0.4, -0.2) is 36.6 Å². The van der Waals surface area contributed by atoms with Crippen LogP contribution in [0.25, 0.3) is 0 Å². The normalized spacial score (nSPS) is 14.5. The minimum Gasteiger partial charge on any atom is -0.497 e. The summed E-state index contributed by atoms with van der Waals surface area (Å²) in [7, 11) is 1.58. The minimum atomic E-state index is -0.937.